The molecule has 0 spiro atoms. The molecule has 0 fully saturated rings. The minimum absolute atomic E-state index is 0.209. The number of thiazole rings is 1. The monoisotopic (exact) mass is 624 g/mol. The minimum Gasteiger partial charge on any atom is -0.497 e. The summed E-state index contributed by atoms with van der Waals surface area (Å²) in [4.78, 5) is 37.4. The van der Waals surface area contributed by atoms with E-state index >= 15 is 0 Å². The molecule has 46 heavy (non-hydrogen) atoms. The van der Waals surface area contributed by atoms with Gasteiger partial charge in [0.15, 0.2) is 4.80 Å². The number of anilines is 1. The van der Waals surface area contributed by atoms with E-state index in [4.69, 9.17) is 9.73 Å². The van der Waals surface area contributed by atoms with Crippen LogP contribution < -0.4 is 24.9 Å². The molecule has 1 aliphatic rings. The van der Waals surface area contributed by atoms with Crippen LogP contribution in [0.5, 0.6) is 5.75 Å². The van der Waals surface area contributed by atoms with Crippen molar-refractivity contribution in [3.63, 3.8) is 0 Å². The van der Waals surface area contributed by atoms with Crippen LogP contribution in [0.25, 0.3) is 28.2 Å². The first-order chi connectivity index (χ1) is 22.3. The number of fused-ring (bicyclic) bond motifs is 2. The number of benzene rings is 4. The molecule has 0 bridgehead atoms. The van der Waals surface area contributed by atoms with Gasteiger partial charge in [0.1, 0.15) is 5.75 Å². The number of para-hydroxylation sites is 1. The molecule has 0 saturated heterocycles. The minimum atomic E-state index is -0.686. The number of ether oxygens (including phenoxy) is 1. The Balaban J connectivity index is 1.44. The first kappa shape index (κ1) is 29.3. The van der Waals surface area contributed by atoms with Crippen LogP contribution in [0, 0.1) is 13.8 Å². The van der Waals surface area contributed by atoms with Crippen LogP contribution in [0.2, 0.25) is 0 Å². The van der Waals surface area contributed by atoms with Crippen LogP contribution in [0.3, 0.4) is 0 Å². The van der Waals surface area contributed by atoms with Gasteiger partial charge in [-0.2, -0.15) is 0 Å². The van der Waals surface area contributed by atoms with Crippen molar-refractivity contribution in [2.24, 2.45) is 4.99 Å². The molecule has 4 aromatic carbocycles. The largest absolute Gasteiger partial charge is 0.497 e. The Morgan fingerprint density at radius 3 is 2.35 bits per heavy atom. The molecular weight excluding hydrogens is 593 g/mol. The van der Waals surface area contributed by atoms with Crippen LogP contribution in [-0.4, -0.2) is 22.6 Å². The van der Waals surface area contributed by atoms with E-state index in [0.29, 0.717) is 32.0 Å². The van der Waals surface area contributed by atoms with Crippen molar-refractivity contribution in [2.75, 3.05) is 12.4 Å². The molecule has 0 radical (unpaired) electrons. The van der Waals surface area contributed by atoms with Gasteiger partial charge in [-0.15, -0.1) is 0 Å². The molecule has 1 atom stereocenters. The zero-order valence-corrected chi connectivity index (χ0v) is 26.7. The number of hydrogen-bond donors (Lipinski definition) is 2. The topological polar surface area (TPSA) is 88.5 Å². The van der Waals surface area contributed by atoms with E-state index in [-0.39, 0.29) is 11.5 Å². The fraction of sp³-hybridized carbons (Fsp3) is 0.132. The van der Waals surface area contributed by atoms with Crippen LogP contribution in [-0.2, 0) is 4.79 Å². The lowest BCUT2D eigenvalue weighted by Gasteiger charge is -2.25. The Morgan fingerprint density at radius 1 is 0.957 bits per heavy atom. The first-order valence-corrected chi connectivity index (χ1v) is 15.9. The zero-order chi connectivity index (χ0) is 31.9. The molecule has 3 heterocycles. The lowest BCUT2D eigenvalue weighted by Crippen LogP contribution is -2.40. The Hall–Kier alpha value is -5.47. The number of nitrogens with zero attached hydrogens (tertiary/aromatic N) is 2. The average Bonchev–Trinajstić information content (AvgIpc) is 3.58. The summed E-state index contributed by atoms with van der Waals surface area (Å²) in [5.41, 5.74) is 8.44. The normalized spacial score (nSPS) is 14.7. The average molecular weight is 625 g/mol. The molecule has 7 nitrogen and oxygen atoms in total. The molecule has 0 aliphatic carbocycles. The molecular formula is C38H32N4O3S. The van der Waals surface area contributed by atoms with Crippen LogP contribution in [0.1, 0.15) is 35.2 Å². The fourth-order valence-electron chi connectivity index (χ4n) is 6.22. The standard InChI is InChI=1S/C38H32N4O3S/c1-22-19-23(2)33-29(20-22)30(34(41-33)25-11-7-5-8-12-25)21-31-37(44)42-35(26-15-17-28(45-4)18-16-26)32(24(3)39-38(42)46-31)36(43)40-27-13-9-6-10-14-27/h5-21,35,41H,1-4H3,(H,40,43)/b31-21+/t35-/m0/s1. The quantitative estimate of drug-likeness (QED) is 0.218. The summed E-state index contributed by atoms with van der Waals surface area (Å²) in [6.07, 6.45) is 1.97. The number of amides is 1. The Kier molecular flexibility index (Phi) is 7.50. The van der Waals surface area contributed by atoms with Gasteiger partial charge < -0.3 is 15.0 Å². The van der Waals surface area contributed by atoms with Gasteiger partial charge in [0.2, 0.25) is 0 Å². The van der Waals surface area contributed by atoms with Crippen LogP contribution in [0.4, 0.5) is 5.69 Å². The van der Waals surface area contributed by atoms with Crippen LogP contribution in [0.15, 0.2) is 118 Å². The summed E-state index contributed by atoms with van der Waals surface area (Å²) in [7, 11) is 1.61. The smallest absolute Gasteiger partial charge is 0.271 e. The molecule has 0 saturated carbocycles. The molecule has 2 N–H and O–H groups in total. The van der Waals surface area contributed by atoms with Crippen molar-refractivity contribution < 1.29 is 9.53 Å². The van der Waals surface area contributed by atoms with E-state index in [1.807, 2.05) is 85.8 Å². The molecule has 2 aromatic heterocycles. The number of carbonyl (C=O) groups excluding carboxylic acids is 1. The van der Waals surface area contributed by atoms with Crippen molar-refractivity contribution in [1.82, 2.24) is 9.55 Å². The predicted molar refractivity (Wildman–Crippen MR) is 185 cm³/mol. The third-order valence-electron chi connectivity index (χ3n) is 8.36. The van der Waals surface area contributed by atoms with Gasteiger partial charge in [-0.1, -0.05) is 83.6 Å². The Morgan fingerprint density at radius 2 is 1.65 bits per heavy atom. The number of carbonyl (C=O) groups is 1. The highest BCUT2D eigenvalue weighted by Crippen LogP contribution is 2.34. The van der Waals surface area contributed by atoms with Crippen molar-refractivity contribution >= 4 is 39.9 Å². The second-order valence-corrected chi connectivity index (χ2v) is 12.5. The molecule has 6 aromatic rings. The molecule has 7 rings (SSSR count). The Labute approximate surface area is 269 Å². The maximum Gasteiger partial charge on any atom is 0.271 e. The van der Waals surface area contributed by atoms with Gasteiger partial charge >= 0.3 is 0 Å². The first-order valence-electron chi connectivity index (χ1n) is 15.0. The second kappa shape index (κ2) is 11.8. The Bertz CT molecular complexity index is 2330. The van der Waals surface area contributed by atoms with Crippen molar-refractivity contribution in [2.45, 2.75) is 26.8 Å². The number of aromatic amines is 1. The highest BCUT2D eigenvalue weighted by molar-refractivity contribution is 7.07. The number of allylic oxidation sites excluding steroid dienone is 1. The van der Waals surface area contributed by atoms with Gasteiger partial charge in [-0.05, 0) is 73.9 Å². The summed E-state index contributed by atoms with van der Waals surface area (Å²) >= 11 is 1.33. The van der Waals surface area contributed by atoms with E-state index in [2.05, 4.69) is 48.4 Å². The number of H-pyrrole nitrogens is 1. The molecule has 1 aliphatic heterocycles. The highest BCUT2D eigenvalue weighted by Gasteiger charge is 2.32. The van der Waals surface area contributed by atoms with Crippen molar-refractivity contribution in [3.8, 4) is 17.0 Å². The van der Waals surface area contributed by atoms with Crippen molar-refractivity contribution in [3.05, 3.63) is 150 Å². The number of nitrogens with one attached hydrogen (secondary N) is 2. The summed E-state index contributed by atoms with van der Waals surface area (Å²) in [6.45, 7) is 6.00. The SMILES string of the molecule is COc1ccc([C@H]2C(C(=O)Nc3ccccc3)=C(C)N=c3s/c(=C/c4c(-c5ccccc5)[nH]c5c(C)cc(C)cc45)c(=O)n32)cc1. The van der Waals surface area contributed by atoms with Gasteiger partial charge in [-0.25, -0.2) is 4.99 Å². The predicted octanol–water partition coefficient (Wildman–Crippen LogP) is 6.65. The van der Waals surface area contributed by atoms with Gasteiger partial charge in [0.25, 0.3) is 11.5 Å². The number of hydrogen-bond acceptors (Lipinski definition) is 5. The van der Waals surface area contributed by atoms with E-state index in [1.165, 1.54) is 11.3 Å². The van der Waals surface area contributed by atoms with E-state index < -0.39 is 6.04 Å². The molecule has 228 valence electrons. The third kappa shape index (κ3) is 5.16. The second-order valence-electron chi connectivity index (χ2n) is 11.5. The lowest BCUT2D eigenvalue weighted by molar-refractivity contribution is -0.113. The maximum atomic E-state index is 14.5. The van der Waals surface area contributed by atoms with Crippen molar-refractivity contribution in [1.29, 1.82) is 0 Å². The molecule has 0 unspecified atom stereocenters. The number of rotatable bonds is 6. The number of aromatic nitrogens is 2. The van der Waals surface area contributed by atoms with Gasteiger partial charge in [0.05, 0.1) is 34.6 Å². The van der Waals surface area contributed by atoms with E-state index in [9.17, 15) is 9.59 Å². The highest BCUT2D eigenvalue weighted by atomic mass is 32.1. The summed E-state index contributed by atoms with van der Waals surface area (Å²) in [5, 5.41) is 4.06. The van der Waals surface area contributed by atoms with Gasteiger partial charge in [-0.3, -0.25) is 14.2 Å². The molecule has 8 heteroatoms. The van der Waals surface area contributed by atoms with Gasteiger partial charge in [0, 0.05) is 22.2 Å². The maximum absolute atomic E-state index is 14.5. The fourth-order valence-corrected chi connectivity index (χ4v) is 7.25. The third-order valence-corrected chi connectivity index (χ3v) is 9.34. The number of aryl methyl sites for hydroxylation is 2. The number of methoxy groups -OCH3 is 1. The van der Waals surface area contributed by atoms with Crippen LogP contribution >= 0.6 is 11.3 Å². The van der Waals surface area contributed by atoms with E-state index in [1.54, 1.807) is 11.7 Å². The van der Waals surface area contributed by atoms with E-state index in [0.717, 1.165) is 44.4 Å². The molecule has 1 amide bonds. The lowest BCUT2D eigenvalue weighted by atomic mass is 9.95. The summed E-state index contributed by atoms with van der Waals surface area (Å²) < 4.78 is 7.59. The summed E-state index contributed by atoms with van der Waals surface area (Å²) in [6, 6.07) is 30.5. The zero-order valence-electron chi connectivity index (χ0n) is 25.9. The summed E-state index contributed by atoms with van der Waals surface area (Å²) in [5.74, 6) is 0.377.